The van der Waals surface area contributed by atoms with Crippen molar-refractivity contribution in [2.24, 2.45) is 0 Å². The fraction of sp³-hybridized carbons (Fsp3) is 0.188. The Morgan fingerprint density at radius 2 is 2.00 bits per heavy atom. The van der Waals surface area contributed by atoms with Gasteiger partial charge in [0.25, 0.3) is 0 Å². The SMILES string of the molecule is CCOC(=O)/C(C=C=O)=C/C(=C/c1ccccc1)OC. The van der Waals surface area contributed by atoms with Crippen LogP contribution in [0, 0.1) is 0 Å². The maximum Gasteiger partial charge on any atom is 0.339 e. The molecule has 0 unspecified atom stereocenters. The highest BCUT2D eigenvalue weighted by molar-refractivity contribution is 5.94. The third-order valence-corrected chi connectivity index (χ3v) is 2.37. The first kappa shape index (κ1) is 15.5. The first-order valence-electron chi connectivity index (χ1n) is 6.11. The van der Waals surface area contributed by atoms with Gasteiger partial charge in [-0.25, -0.2) is 9.59 Å². The number of benzene rings is 1. The van der Waals surface area contributed by atoms with Crippen molar-refractivity contribution in [2.45, 2.75) is 6.92 Å². The number of methoxy groups -OCH3 is 1. The second-order valence-electron chi connectivity index (χ2n) is 3.74. The summed E-state index contributed by atoms with van der Waals surface area (Å²) < 4.78 is 10.0. The van der Waals surface area contributed by atoms with E-state index >= 15 is 0 Å². The molecule has 0 spiro atoms. The highest BCUT2D eigenvalue weighted by Gasteiger charge is 2.09. The lowest BCUT2D eigenvalue weighted by Gasteiger charge is -2.04. The Morgan fingerprint density at radius 3 is 2.55 bits per heavy atom. The van der Waals surface area contributed by atoms with E-state index in [9.17, 15) is 9.59 Å². The first-order chi connectivity index (χ1) is 9.71. The van der Waals surface area contributed by atoms with Gasteiger partial charge in [0.05, 0.1) is 19.3 Å². The van der Waals surface area contributed by atoms with Crippen LogP contribution in [0.4, 0.5) is 0 Å². The molecule has 0 atom stereocenters. The van der Waals surface area contributed by atoms with E-state index in [4.69, 9.17) is 9.47 Å². The van der Waals surface area contributed by atoms with Gasteiger partial charge in [0.15, 0.2) is 0 Å². The Kier molecular flexibility index (Phi) is 6.59. The molecule has 0 aliphatic carbocycles. The van der Waals surface area contributed by atoms with Crippen LogP contribution in [-0.4, -0.2) is 25.6 Å². The van der Waals surface area contributed by atoms with Crippen LogP contribution >= 0.6 is 0 Å². The predicted octanol–water partition coefficient (Wildman–Crippen LogP) is 2.55. The Hall–Kier alpha value is -2.58. The molecule has 0 radical (unpaired) electrons. The molecular formula is C16H16O4. The van der Waals surface area contributed by atoms with Gasteiger partial charge in [-0.15, -0.1) is 0 Å². The third kappa shape index (κ3) is 4.96. The summed E-state index contributed by atoms with van der Waals surface area (Å²) in [4.78, 5) is 22.1. The normalized spacial score (nSPS) is 11.5. The van der Waals surface area contributed by atoms with Gasteiger partial charge in [-0.05, 0) is 24.6 Å². The van der Waals surface area contributed by atoms with Crippen LogP contribution in [0.25, 0.3) is 6.08 Å². The predicted molar refractivity (Wildman–Crippen MR) is 76.4 cm³/mol. The van der Waals surface area contributed by atoms with Crippen molar-refractivity contribution in [3.05, 3.63) is 59.4 Å². The summed E-state index contributed by atoms with van der Waals surface area (Å²) in [5.41, 5.74) is 1.00. The smallest absolute Gasteiger partial charge is 0.339 e. The van der Waals surface area contributed by atoms with Crippen LogP contribution in [-0.2, 0) is 19.1 Å². The lowest BCUT2D eigenvalue weighted by molar-refractivity contribution is -0.138. The summed E-state index contributed by atoms with van der Waals surface area (Å²) in [5.74, 6) is 1.42. The zero-order valence-electron chi connectivity index (χ0n) is 11.5. The molecule has 1 aromatic carbocycles. The molecule has 0 saturated heterocycles. The van der Waals surface area contributed by atoms with Crippen LogP contribution in [0.1, 0.15) is 12.5 Å². The molecule has 0 bridgehead atoms. The van der Waals surface area contributed by atoms with Gasteiger partial charge in [0, 0.05) is 6.08 Å². The summed E-state index contributed by atoms with van der Waals surface area (Å²) in [6, 6.07) is 9.47. The van der Waals surface area contributed by atoms with Gasteiger partial charge in [0.2, 0.25) is 0 Å². The lowest BCUT2D eigenvalue weighted by atomic mass is 10.1. The fourth-order valence-corrected chi connectivity index (χ4v) is 1.46. The van der Waals surface area contributed by atoms with E-state index in [1.165, 1.54) is 13.2 Å². The van der Waals surface area contributed by atoms with Gasteiger partial charge >= 0.3 is 5.97 Å². The second-order valence-corrected chi connectivity index (χ2v) is 3.74. The number of hydrogen-bond acceptors (Lipinski definition) is 4. The van der Waals surface area contributed by atoms with Crippen molar-refractivity contribution >= 4 is 18.0 Å². The maximum absolute atomic E-state index is 11.7. The number of hydrogen-bond donors (Lipinski definition) is 0. The topological polar surface area (TPSA) is 52.6 Å². The van der Waals surface area contributed by atoms with Gasteiger partial charge < -0.3 is 9.47 Å². The Labute approximate surface area is 118 Å². The average Bonchev–Trinajstić information content (AvgIpc) is 2.47. The molecular weight excluding hydrogens is 256 g/mol. The fourth-order valence-electron chi connectivity index (χ4n) is 1.46. The Balaban J connectivity index is 3.08. The molecule has 4 nitrogen and oxygen atoms in total. The van der Waals surface area contributed by atoms with Crippen molar-refractivity contribution in [1.82, 2.24) is 0 Å². The molecule has 0 saturated carbocycles. The van der Waals surface area contributed by atoms with Crippen molar-refractivity contribution in [3.63, 3.8) is 0 Å². The first-order valence-corrected chi connectivity index (χ1v) is 6.11. The maximum atomic E-state index is 11.7. The molecule has 0 heterocycles. The molecule has 1 aromatic rings. The summed E-state index contributed by atoms with van der Waals surface area (Å²) in [7, 11) is 1.48. The molecule has 1 rings (SSSR count). The quantitative estimate of drug-likeness (QED) is 0.262. The Morgan fingerprint density at radius 1 is 1.30 bits per heavy atom. The standard InChI is InChI=1S/C16H16O4/c1-3-20-16(18)14(9-10-17)12-15(19-2)11-13-7-5-4-6-8-13/h4-9,11-12H,3H2,1-2H3/b14-12+,15-11-. The molecule has 0 amide bonds. The molecule has 20 heavy (non-hydrogen) atoms. The van der Waals surface area contributed by atoms with Crippen molar-refractivity contribution in [2.75, 3.05) is 13.7 Å². The summed E-state index contributed by atoms with van der Waals surface area (Å²) >= 11 is 0. The highest BCUT2D eigenvalue weighted by atomic mass is 16.5. The zero-order valence-corrected chi connectivity index (χ0v) is 11.5. The minimum Gasteiger partial charge on any atom is -0.497 e. The largest absolute Gasteiger partial charge is 0.497 e. The van der Waals surface area contributed by atoms with Crippen LogP contribution in [0.2, 0.25) is 0 Å². The van der Waals surface area contributed by atoms with Crippen molar-refractivity contribution in [3.8, 4) is 0 Å². The number of esters is 1. The minimum absolute atomic E-state index is 0.0888. The van der Waals surface area contributed by atoms with Crippen LogP contribution in [0.3, 0.4) is 0 Å². The molecule has 104 valence electrons. The number of carbonyl (C=O) groups is 1. The van der Waals surface area contributed by atoms with E-state index in [2.05, 4.69) is 0 Å². The van der Waals surface area contributed by atoms with E-state index in [0.717, 1.165) is 11.6 Å². The minimum atomic E-state index is -0.591. The monoisotopic (exact) mass is 272 g/mol. The molecule has 4 heteroatoms. The molecule has 0 aliphatic rings. The number of rotatable bonds is 6. The molecule has 0 fully saturated rings. The third-order valence-electron chi connectivity index (χ3n) is 2.37. The van der Waals surface area contributed by atoms with Crippen LogP contribution in [0.15, 0.2) is 53.8 Å². The van der Waals surface area contributed by atoms with E-state index in [0.29, 0.717) is 5.76 Å². The number of carbonyl (C=O) groups excluding carboxylic acids is 2. The summed E-state index contributed by atoms with van der Waals surface area (Å²) in [5, 5.41) is 0. The van der Waals surface area contributed by atoms with Gasteiger partial charge in [-0.1, -0.05) is 30.3 Å². The van der Waals surface area contributed by atoms with Crippen LogP contribution < -0.4 is 0 Å². The van der Waals surface area contributed by atoms with Crippen LogP contribution in [0.5, 0.6) is 0 Å². The van der Waals surface area contributed by atoms with Gasteiger partial charge in [0.1, 0.15) is 11.7 Å². The number of ether oxygens (including phenoxy) is 2. The number of allylic oxidation sites excluding steroid dienone is 1. The Bertz CT molecular complexity index is 549. The molecule has 0 aliphatic heterocycles. The van der Waals surface area contributed by atoms with E-state index in [-0.39, 0.29) is 12.2 Å². The van der Waals surface area contributed by atoms with Crippen molar-refractivity contribution in [1.29, 1.82) is 0 Å². The zero-order chi connectivity index (χ0) is 14.8. The van der Waals surface area contributed by atoms with E-state index in [1.54, 1.807) is 18.9 Å². The lowest BCUT2D eigenvalue weighted by Crippen LogP contribution is -2.06. The van der Waals surface area contributed by atoms with E-state index < -0.39 is 5.97 Å². The van der Waals surface area contributed by atoms with Crippen molar-refractivity contribution < 1.29 is 19.1 Å². The summed E-state index contributed by atoms with van der Waals surface area (Å²) in [6.07, 6.45) is 4.21. The second kappa shape index (κ2) is 8.51. The van der Waals surface area contributed by atoms with Gasteiger partial charge in [-0.3, -0.25) is 0 Å². The van der Waals surface area contributed by atoms with Gasteiger partial charge in [-0.2, -0.15) is 0 Å². The highest BCUT2D eigenvalue weighted by Crippen LogP contribution is 2.12. The average molecular weight is 272 g/mol. The van der Waals surface area contributed by atoms with E-state index in [1.807, 2.05) is 30.3 Å². The molecule has 0 aromatic heterocycles. The summed E-state index contributed by atoms with van der Waals surface area (Å²) in [6.45, 7) is 1.92. The molecule has 0 N–H and O–H groups in total.